The molecular formula is C21H18BrN3OS. The monoisotopic (exact) mass is 439 g/mol. The van der Waals surface area contributed by atoms with Crippen LogP contribution < -0.4 is 10.1 Å². The van der Waals surface area contributed by atoms with Crippen molar-refractivity contribution in [3.63, 3.8) is 0 Å². The van der Waals surface area contributed by atoms with Crippen LogP contribution in [0.5, 0.6) is 0 Å². The number of nitrogens with zero attached hydrogens (tertiary/aromatic N) is 3. The average molecular weight is 440 g/mol. The van der Waals surface area contributed by atoms with Gasteiger partial charge in [0, 0.05) is 10.0 Å². The highest BCUT2D eigenvalue weighted by atomic mass is 79.9. The van der Waals surface area contributed by atoms with E-state index in [1.54, 1.807) is 0 Å². The van der Waals surface area contributed by atoms with Crippen LogP contribution >= 0.6 is 27.3 Å². The first-order valence-electron chi connectivity index (χ1n) is 8.60. The number of hydrogen-bond acceptors (Lipinski definition) is 4. The maximum absolute atomic E-state index is 12.7. The molecule has 4 nitrogen and oxygen atoms in total. The van der Waals surface area contributed by atoms with Gasteiger partial charge in [-0.15, -0.1) is 5.10 Å². The second-order valence-corrected chi connectivity index (χ2v) is 9.26. The van der Waals surface area contributed by atoms with Crippen molar-refractivity contribution in [2.45, 2.75) is 26.2 Å². The molecule has 0 unspecified atom stereocenters. The van der Waals surface area contributed by atoms with E-state index in [9.17, 15) is 4.79 Å². The van der Waals surface area contributed by atoms with Crippen molar-refractivity contribution in [2.75, 3.05) is 0 Å². The lowest BCUT2D eigenvalue weighted by atomic mass is 9.87. The molecule has 0 aliphatic heterocycles. The summed E-state index contributed by atoms with van der Waals surface area (Å²) in [7, 11) is 0. The first-order chi connectivity index (χ1) is 12.8. The van der Waals surface area contributed by atoms with Gasteiger partial charge in [-0.3, -0.25) is 4.79 Å². The summed E-state index contributed by atoms with van der Waals surface area (Å²) in [4.78, 5) is 17.9. The molecule has 27 heavy (non-hydrogen) atoms. The van der Waals surface area contributed by atoms with Gasteiger partial charge in [0.05, 0.1) is 4.53 Å². The highest BCUT2D eigenvalue weighted by Crippen LogP contribution is 2.25. The Morgan fingerprint density at radius 3 is 2.41 bits per heavy atom. The minimum atomic E-state index is -0.143. The fourth-order valence-electron chi connectivity index (χ4n) is 2.81. The fourth-order valence-corrected chi connectivity index (χ4v) is 4.11. The summed E-state index contributed by atoms with van der Waals surface area (Å²) in [6.45, 7) is 6.54. The van der Waals surface area contributed by atoms with Crippen molar-refractivity contribution in [3.05, 3.63) is 79.0 Å². The molecule has 6 heteroatoms. The molecule has 4 aromatic rings. The van der Waals surface area contributed by atoms with Gasteiger partial charge < -0.3 is 0 Å². The van der Waals surface area contributed by atoms with Gasteiger partial charge in [0.2, 0.25) is 4.96 Å². The van der Waals surface area contributed by atoms with E-state index in [-0.39, 0.29) is 11.0 Å². The van der Waals surface area contributed by atoms with Crippen LogP contribution in [-0.2, 0) is 5.41 Å². The van der Waals surface area contributed by atoms with Crippen molar-refractivity contribution in [1.82, 2.24) is 14.6 Å². The summed E-state index contributed by atoms with van der Waals surface area (Å²) in [5, 5.41) is 4.43. The smallest absolute Gasteiger partial charge is 0.266 e. The van der Waals surface area contributed by atoms with Crippen LogP contribution in [0.2, 0.25) is 0 Å². The Bertz CT molecular complexity index is 1230. The van der Waals surface area contributed by atoms with Gasteiger partial charge in [0.25, 0.3) is 5.56 Å². The molecule has 4 rings (SSSR count). The van der Waals surface area contributed by atoms with E-state index in [1.165, 1.54) is 21.4 Å². The number of rotatable bonds is 2. The van der Waals surface area contributed by atoms with Crippen LogP contribution in [0.3, 0.4) is 0 Å². The van der Waals surface area contributed by atoms with E-state index < -0.39 is 0 Å². The standard InChI is InChI=1S/C21H18BrN3OS/c1-21(2,3)15-10-8-13(9-11-15)18-23-20-25(24-18)19(26)17(27-20)12-14-6-4-5-7-16(14)22/h4-12H,1-3H3/b17-12-. The van der Waals surface area contributed by atoms with Crippen molar-refractivity contribution >= 4 is 38.3 Å². The van der Waals surface area contributed by atoms with E-state index in [0.717, 1.165) is 15.6 Å². The normalized spacial score (nSPS) is 12.8. The fraction of sp³-hybridized carbons (Fsp3) is 0.190. The van der Waals surface area contributed by atoms with Crippen LogP contribution in [0.15, 0.2) is 57.8 Å². The van der Waals surface area contributed by atoms with Crippen LogP contribution in [0.1, 0.15) is 31.9 Å². The largest absolute Gasteiger partial charge is 0.291 e. The Kier molecular flexibility index (Phi) is 4.48. The van der Waals surface area contributed by atoms with Crippen LogP contribution in [0, 0.1) is 0 Å². The Morgan fingerprint density at radius 1 is 1.07 bits per heavy atom. The Morgan fingerprint density at radius 2 is 1.78 bits per heavy atom. The molecule has 136 valence electrons. The summed E-state index contributed by atoms with van der Waals surface area (Å²) in [5.41, 5.74) is 3.07. The van der Waals surface area contributed by atoms with Gasteiger partial charge in [0.1, 0.15) is 0 Å². The van der Waals surface area contributed by atoms with E-state index >= 15 is 0 Å². The number of fused-ring (bicyclic) bond motifs is 1. The van der Waals surface area contributed by atoms with Gasteiger partial charge in [-0.25, -0.2) is 0 Å². The minimum absolute atomic E-state index is 0.0964. The van der Waals surface area contributed by atoms with Crippen LogP contribution in [0.4, 0.5) is 0 Å². The first kappa shape index (κ1) is 18.1. The van der Waals surface area contributed by atoms with Crippen molar-refractivity contribution in [2.24, 2.45) is 0 Å². The van der Waals surface area contributed by atoms with Gasteiger partial charge >= 0.3 is 0 Å². The minimum Gasteiger partial charge on any atom is -0.266 e. The van der Waals surface area contributed by atoms with E-state index in [0.29, 0.717) is 15.3 Å². The van der Waals surface area contributed by atoms with E-state index in [4.69, 9.17) is 0 Å². The molecule has 2 aromatic heterocycles. The SMILES string of the molecule is CC(C)(C)c1ccc(-c2nc3s/c(=C\c4ccccc4Br)c(=O)n3n2)cc1. The first-order valence-corrected chi connectivity index (χ1v) is 10.2. The van der Waals surface area contributed by atoms with Gasteiger partial charge in [-0.05, 0) is 28.7 Å². The maximum atomic E-state index is 12.7. The molecule has 2 heterocycles. The predicted molar refractivity (Wildman–Crippen MR) is 114 cm³/mol. The Labute approximate surface area is 169 Å². The summed E-state index contributed by atoms with van der Waals surface area (Å²) in [6.07, 6.45) is 1.87. The van der Waals surface area contributed by atoms with Gasteiger partial charge in [0.15, 0.2) is 5.82 Å². The molecule has 0 aliphatic rings. The molecule has 0 saturated heterocycles. The predicted octanol–water partition coefficient (Wildman–Crippen LogP) is 4.43. The van der Waals surface area contributed by atoms with Crippen molar-refractivity contribution in [1.29, 1.82) is 0 Å². The summed E-state index contributed by atoms with van der Waals surface area (Å²) in [6, 6.07) is 16.0. The molecule has 2 aromatic carbocycles. The number of halogens is 1. The number of aromatic nitrogens is 3. The van der Waals surface area contributed by atoms with Crippen LogP contribution in [-0.4, -0.2) is 14.6 Å². The third-order valence-electron chi connectivity index (χ3n) is 4.38. The van der Waals surface area contributed by atoms with Gasteiger partial charge in [-0.2, -0.15) is 9.50 Å². The average Bonchev–Trinajstić information content (AvgIpc) is 3.16. The quantitative estimate of drug-likeness (QED) is 0.464. The number of thiazole rings is 1. The summed E-state index contributed by atoms with van der Waals surface area (Å²) >= 11 is 4.86. The molecule has 0 fully saturated rings. The second-order valence-electron chi connectivity index (χ2n) is 7.39. The number of hydrogen-bond donors (Lipinski definition) is 0. The molecular weight excluding hydrogens is 422 g/mol. The maximum Gasteiger partial charge on any atom is 0.291 e. The third kappa shape index (κ3) is 3.47. The molecule has 0 amide bonds. The topological polar surface area (TPSA) is 47.3 Å². The third-order valence-corrected chi connectivity index (χ3v) is 6.06. The zero-order chi connectivity index (χ0) is 19.2. The Hall–Kier alpha value is -2.31. The molecule has 0 aliphatic carbocycles. The number of benzene rings is 2. The zero-order valence-corrected chi connectivity index (χ0v) is 17.6. The van der Waals surface area contributed by atoms with Crippen molar-refractivity contribution < 1.29 is 0 Å². The van der Waals surface area contributed by atoms with Gasteiger partial charge in [-0.1, -0.05) is 90.5 Å². The summed E-state index contributed by atoms with van der Waals surface area (Å²) < 4.78 is 2.95. The summed E-state index contributed by atoms with van der Waals surface area (Å²) in [5.74, 6) is 0.575. The molecule has 0 radical (unpaired) electrons. The molecule has 0 atom stereocenters. The van der Waals surface area contributed by atoms with Crippen molar-refractivity contribution in [3.8, 4) is 11.4 Å². The van der Waals surface area contributed by atoms with E-state index in [1.807, 2.05) is 42.5 Å². The molecule has 0 N–H and O–H groups in total. The zero-order valence-electron chi connectivity index (χ0n) is 15.2. The molecule has 0 bridgehead atoms. The lowest BCUT2D eigenvalue weighted by Crippen LogP contribution is -2.23. The lowest BCUT2D eigenvalue weighted by Gasteiger charge is -2.18. The second kappa shape index (κ2) is 6.69. The Balaban J connectivity index is 1.75. The molecule has 0 saturated carbocycles. The van der Waals surface area contributed by atoms with E-state index in [2.05, 4.69) is 58.9 Å². The van der Waals surface area contributed by atoms with Crippen LogP contribution in [0.25, 0.3) is 22.4 Å². The highest BCUT2D eigenvalue weighted by molar-refractivity contribution is 9.10. The molecule has 0 spiro atoms. The highest BCUT2D eigenvalue weighted by Gasteiger charge is 2.15. The lowest BCUT2D eigenvalue weighted by molar-refractivity contribution is 0.590.